The minimum Gasteiger partial charge on any atom is -0.411 e. The van der Waals surface area contributed by atoms with Crippen molar-refractivity contribution >= 4 is 23.4 Å². The van der Waals surface area contributed by atoms with Gasteiger partial charge in [0.1, 0.15) is 0 Å². The van der Waals surface area contributed by atoms with E-state index in [0.717, 1.165) is 51.4 Å². The molecule has 0 bridgehead atoms. The molecule has 7 nitrogen and oxygen atoms in total. The Balaban J connectivity index is 1.29. The summed E-state index contributed by atoms with van der Waals surface area (Å²) in [5.74, 6) is 0.593. The molecule has 1 saturated heterocycles. The van der Waals surface area contributed by atoms with Gasteiger partial charge in [-0.1, -0.05) is 42.1 Å². The first-order valence-corrected chi connectivity index (χ1v) is 12.9. The molecule has 0 N–H and O–H groups in total. The Labute approximate surface area is 206 Å². The normalized spacial score (nSPS) is 15.3. The maximum absolute atomic E-state index is 13.0. The molecule has 1 atom stereocenters. The van der Waals surface area contributed by atoms with Gasteiger partial charge in [-0.15, -0.1) is 10.2 Å². The highest BCUT2D eigenvalue weighted by Gasteiger charge is 2.27. The lowest BCUT2D eigenvalue weighted by molar-refractivity contribution is -0.132. The Kier molecular flexibility index (Phi) is 8.24. The van der Waals surface area contributed by atoms with Gasteiger partial charge in [0.05, 0.1) is 5.25 Å². The molecule has 1 aromatic heterocycles. The number of hydrogen-bond acceptors (Lipinski definition) is 7. The van der Waals surface area contributed by atoms with Crippen LogP contribution >= 0.6 is 11.8 Å². The summed E-state index contributed by atoms with van der Waals surface area (Å²) in [5, 5.41) is 8.50. The fourth-order valence-electron chi connectivity index (χ4n) is 4.20. The number of benzene rings is 2. The maximum atomic E-state index is 13.0. The summed E-state index contributed by atoms with van der Waals surface area (Å²) in [7, 11) is 0. The van der Waals surface area contributed by atoms with Crippen molar-refractivity contribution < 1.29 is 9.21 Å². The summed E-state index contributed by atoms with van der Waals surface area (Å²) < 4.78 is 5.86. The highest BCUT2D eigenvalue weighted by atomic mass is 32.2. The van der Waals surface area contributed by atoms with Crippen molar-refractivity contribution in [2.45, 2.75) is 37.8 Å². The van der Waals surface area contributed by atoms with E-state index in [9.17, 15) is 4.79 Å². The summed E-state index contributed by atoms with van der Waals surface area (Å²) >= 11 is 1.33. The largest absolute Gasteiger partial charge is 0.411 e. The molecule has 4 rings (SSSR count). The van der Waals surface area contributed by atoms with Crippen molar-refractivity contribution in [3.05, 3.63) is 60.2 Å². The summed E-state index contributed by atoms with van der Waals surface area (Å²) in [6.07, 6.45) is 0. The molecule has 1 amide bonds. The van der Waals surface area contributed by atoms with E-state index in [0.29, 0.717) is 11.1 Å². The molecule has 1 fully saturated rings. The second kappa shape index (κ2) is 11.5. The molecule has 2 aromatic carbocycles. The molecule has 0 saturated carbocycles. The van der Waals surface area contributed by atoms with Crippen LogP contribution in [-0.2, 0) is 11.3 Å². The van der Waals surface area contributed by atoms with Crippen molar-refractivity contribution in [3.63, 3.8) is 0 Å². The van der Waals surface area contributed by atoms with Gasteiger partial charge in [0, 0.05) is 57.1 Å². The van der Waals surface area contributed by atoms with Crippen molar-refractivity contribution in [2.24, 2.45) is 0 Å². The van der Waals surface area contributed by atoms with Gasteiger partial charge in [0.15, 0.2) is 0 Å². The van der Waals surface area contributed by atoms with Crippen LogP contribution in [0.5, 0.6) is 0 Å². The third-order valence-corrected chi connectivity index (χ3v) is 7.13. The fourth-order valence-corrected chi connectivity index (χ4v) is 4.97. The van der Waals surface area contributed by atoms with Gasteiger partial charge in [0.2, 0.25) is 11.8 Å². The van der Waals surface area contributed by atoms with E-state index < -0.39 is 0 Å². The maximum Gasteiger partial charge on any atom is 0.277 e. The zero-order chi connectivity index (χ0) is 23.9. The van der Waals surface area contributed by atoms with Gasteiger partial charge in [-0.25, -0.2) is 0 Å². The van der Waals surface area contributed by atoms with Gasteiger partial charge >= 0.3 is 0 Å². The second-order valence-corrected chi connectivity index (χ2v) is 9.73. The molecule has 34 heavy (non-hydrogen) atoms. The van der Waals surface area contributed by atoms with E-state index in [4.69, 9.17) is 4.42 Å². The minimum atomic E-state index is -0.279. The SMILES string of the molecule is CCN(CC)c1ccc(-c2nnc(S[C@H](C)C(=O)N3CCN(Cc4ccccc4)CC3)o2)cc1. The zero-order valence-corrected chi connectivity index (χ0v) is 21.0. The lowest BCUT2D eigenvalue weighted by Crippen LogP contribution is -2.50. The molecule has 0 spiro atoms. The molecule has 1 aliphatic heterocycles. The lowest BCUT2D eigenvalue weighted by atomic mass is 10.2. The smallest absolute Gasteiger partial charge is 0.277 e. The van der Waals surface area contributed by atoms with Crippen LogP contribution < -0.4 is 4.90 Å². The van der Waals surface area contributed by atoms with Crippen LogP contribution in [0, 0.1) is 0 Å². The predicted octanol–water partition coefficient (Wildman–Crippen LogP) is 4.41. The molecule has 8 heteroatoms. The van der Waals surface area contributed by atoms with E-state index in [2.05, 4.69) is 70.2 Å². The molecular weight excluding hydrogens is 446 g/mol. The predicted molar refractivity (Wildman–Crippen MR) is 137 cm³/mol. The average molecular weight is 480 g/mol. The quantitative estimate of drug-likeness (QED) is 0.421. The van der Waals surface area contributed by atoms with Crippen LogP contribution in [0.2, 0.25) is 0 Å². The van der Waals surface area contributed by atoms with E-state index in [-0.39, 0.29) is 11.2 Å². The molecule has 3 aromatic rings. The molecule has 2 heterocycles. The standard InChI is InChI=1S/C26H33N5O2S/c1-4-30(5-2)23-13-11-22(12-14-23)24-27-28-26(33-24)34-20(3)25(32)31-17-15-29(16-18-31)19-21-9-7-6-8-10-21/h6-14,20H,4-5,15-19H2,1-3H3/t20-/m1/s1. The Morgan fingerprint density at radius 1 is 1.00 bits per heavy atom. The van der Waals surface area contributed by atoms with Gasteiger partial charge < -0.3 is 14.2 Å². The summed E-state index contributed by atoms with van der Waals surface area (Å²) in [5.41, 5.74) is 3.36. The first-order valence-electron chi connectivity index (χ1n) is 12.0. The number of piperazine rings is 1. The monoisotopic (exact) mass is 479 g/mol. The van der Waals surface area contributed by atoms with Crippen LogP contribution in [0.1, 0.15) is 26.3 Å². The minimum absolute atomic E-state index is 0.118. The molecule has 0 unspecified atom stereocenters. The van der Waals surface area contributed by atoms with Gasteiger partial charge in [-0.05, 0) is 50.6 Å². The number of anilines is 1. The number of hydrogen-bond donors (Lipinski definition) is 0. The molecule has 1 aliphatic rings. The van der Waals surface area contributed by atoms with Crippen molar-refractivity contribution in [2.75, 3.05) is 44.2 Å². The summed E-state index contributed by atoms with van der Waals surface area (Å²) in [4.78, 5) is 19.6. The Hall–Kier alpha value is -2.84. The van der Waals surface area contributed by atoms with Gasteiger partial charge in [0.25, 0.3) is 5.22 Å². The van der Waals surface area contributed by atoms with E-state index in [1.165, 1.54) is 23.0 Å². The van der Waals surface area contributed by atoms with Crippen LogP contribution in [0.4, 0.5) is 5.69 Å². The summed E-state index contributed by atoms with van der Waals surface area (Å²) in [6, 6.07) is 18.6. The van der Waals surface area contributed by atoms with Crippen LogP contribution in [0.25, 0.3) is 11.5 Å². The van der Waals surface area contributed by atoms with E-state index in [1.807, 2.05) is 30.0 Å². The van der Waals surface area contributed by atoms with Gasteiger partial charge in [-0.3, -0.25) is 9.69 Å². The number of aromatic nitrogens is 2. The number of rotatable bonds is 9. The molecular formula is C26H33N5O2S. The summed E-state index contributed by atoms with van der Waals surface area (Å²) in [6.45, 7) is 12.3. The highest BCUT2D eigenvalue weighted by molar-refractivity contribution is 8.00. The van der Waals surface area contributed by atoms with Crippen LogP contribution in [0.3, 0.4) is 0 Å². The third kappa shape index (κ3) is 5.98. The van der Waals surface area contributed by atoms with Crippen LogP contribution in [-0.4, -0.2) is 70.4 Å². The number of thioether (sulfide) groups is 1. The number of nitrogens with zero attached hydrogens (tertiary/aromatic N) is 5. The fraction of sp³-hybridized carbons (Fsp3) is 0.423. The number of amides is 1. The van der Waals surface area contributed by atoms with E-state index >= 15 is 0 Å². The first-order chi connectivity index (χ1) is 16.6. The van der Waals surface area contributed by atoms with Crippen molar-refractivity contribution in [3.8, 4) is 11.5 Å². The number of carbonyl (C=O) groups is 1. The molecule has 180 valence electrons. The Morgan fingerprint density at radius 3 is 2.32 bits per heavy atom. The zero-order valence-electron chi connectivity index (χ0n) is 20.2. The Morgan fingerprint density at radius 2 is 1.68 bits per heavy atom. The average Bonchev–Trinajstić information content (AvgIpc) is 3.34. The van der Waals surface area contributed by atoms with Crippen molar-refractivity contribution in [1.82, 2.24) is 20.0 Å². The first kappa shape index (κ1) is 24.3. The lowest BCUT2D eigenvalue weighted by Gasteiger charge is -2.35. The van der Waals surface area contributed by atoms with Gasteiger partial charge in [-0.2, -0.15) is 0 Å². The molecule has 0 aliphatic carbocycles. The molecule has 0 radical (unpaired) electrons. The third-order valence-electron chi connectivity index (χ3n) is 6.21. The highest BCUT2D eigenvalue weighted by Crippen LogP contribution is 2.28. The van der Waals surface area contributed by atoms with Crippen LogP contribution in [0.15, 0.2) is 64.2 Å². The Bertz CT molecular complexity index is 1040. The van der Waals surface area contributed by atoms with E-state index in [1.54, 1.807) is 0 Å². The topological polar surface area (TPSA) is 65.7 Å². The second-order valence-electron chi connectivity index (χ2n) is 8.44. The number of carbonyl (C=O) groups excluding carboxylic acids is 1. The van der Waals surface area contributed by atoms with Crippen molar-refractivity contribution in [1.29, 1.82) is 0 Å².